The number of nitrogens with zero attached hydrogens (tertiary/aromatic N) is 4. The van der Waals surface area contributed by atoms with Gasteiger partial charge in [0, 0.05) is 98.5 Å². The Morgan fingerprint density at radius 1 is 0.553 bits per heavy atom. The first-order valence-electron chi connectivity index (χ1n) is 31.5. The van der Waals surface area contributed by atoms with Gasteiger partial charge in [0.15, 0.2) is 9.84 Å². The van der Waals surface area contributed by atoms with E-state index in [1.165, 1.54) is 46.8 Å². The van der Waals surface area contributed by atoms with E-state index in [9.17, 15) is 41.4 Å². The van der Waals surface area contributed by atoms with Crippen LogP contribution in [0.25, 0.3) is 28.0 Å². The van der Waals surface area contributed by atoms with Crippen molar-refractivity contribution in [3.8, 4) is 22.3 Å². The summed E-state index contributed by atoms with van der Waals surface area (Å²) >= 11 is 1.37. The van der Waals surface area contributed by atoms with Crippen LogP contribution in [0.2, 0.25) is 0 Å². The molecule has 0 aromatic heterocycles. The summed E-state index contributed by atoms with van der Waals surface area (Å²) in [7, 11) is -7.45. The Morgan fingerprint density at radius 3 is 1.66 bits per heavy atom. The zero-order chi connectivity index (χ0) is 66.7. The molecule has 14 nitrogen and oxygen atoms in total. The van der Waals surface area contributed by atoms with Crippen molar-refractivity contribution in [3.63, 3.8) is 0 Å². The van der Waals surface area contributed by atoms with E-state index in [2.05, 4.69) is 118 Å². The van der Waals surface area contributed by atoms with Crippen LogP contribution in [0, 0.1) is 6.92 Å². The van der Waals surface area contributed by atoms with Gasteiger partial charge in [-0.1, -0.05) is 182 Å². The third kappa shape index (κ3) is 18.9. The van der Waals surface area contributed by atoms with Crippen molar-refractivity contribution >= 4 is 72.2 Å². The molecule has 0 saturated carbocycles. The van der Waals surface area contributed by atoms with Crippen LogP contribution < -0.4 is 15.1 Å². The van der Waals surface area contributed by atoms with Gasteiger partial charge in [0.1, 0.15) is 5.76 Å². The smallest absolute Gasteiger partial charge is 0.336 e. The zero-order valence-corrected chi connectivity index (χ0v) is 56.7. The number of thioether (sulfide) groups is 1. The lowest BCUT2D eigenvalue weighted by molar-refractivity contribution is -0.131. The molecule has 0 spiro atoms. The van der Waals surface area contributed by atoms with Gasteiger partial charge < -0.3 is 30.2 Å². The largest absolute Gasteiger partial charge is 0.508 e. The van der Waals surface area contributed by atoms with E-state index in [4.69, 9.17) is 0 Å². The van der Waals surface area contributed by atoms with Gasteiger partial charge in [-0.05, 0) is 141 Å². The second-order valence-electron chi connectivity index (χ2n) is 25.9. The number of aryl methyl sites for hydroxylation is 2. The predicted molar refractivity (Wildman–Crippen MR) is 385 cm³/mol. The molecule has 2 heterocycles. The molecule has 0 atom stereocenters. The number of aliphatic hydroxyl groups is 1. The van der Waals surface area contributed by atoms with Gasteiger partial charge in [-0.3, -0.25) is 9.59 Å². The minimum Gasteiger partial charge on any atom is -0.508 e. The molecule has 0 aliphatic carbocycles. The standard InChI is InChI=1S/C46H58N4O4S.C30H27NO5S2.CH4/c1-34(51)43-21-12-37(32-38(43)33-55(53,54)50-29-27-48(28-30-50)42-19-15-40(16-20-42)46(5,6)7)36-10-8-9-35(31-36)11-22-44(52)49-25-23-47(24-26-49)41-17-13-39(14-18-41)45(2,3)4;1-21-9-8-10-22(17-21)26-18-23(20-38(35,36)25-13-6-3-7-14-25)27(30(33)34)19-28(26)37-16-15-29(32)31-24-11-4-2-5-12-24;/h8-10,12-21,31-32,51H,1,11,22-30,33H2,2-7H3;2-14,17-19H,15-16,20H2,1H3,(H,31,32)(H,33,34);1H4. The van der Waals surface area contributed by atoms with Crippen LogP contribution in [0.4, 0.5) is 17.1 Å². The summed E-state index contributed by atoms with van der Waals surface area (Å²) in [6.07, 6.45) is 1.26. The van der Waals surface area contributed by atoms with Gasteiger partial charge in [-0.15, -0.1) is 11.8 Å². The van der Waals surface area contributed by atoms with E-state index in [0.29, 0.717) is 79.6 Å². The number of hydrogen-bond donors (Lipinski definition) is 3. The molecular weight excluding hydrogens is 1240 g/mol. The maximum atomic E-state index is 13.8. The van der Waals surface area contributed by atoms with Crippen molar-refractivity contribution in [1.82, 2.24) is 9.21 Å². The van der Waals surface area contributed by atoms with Crippen LogP contribution in [0.1, 0.15) is 111 Å². The van der Waals surface area contributed by atoms with Crippen LogP contribution in [-0.2, 0) is 58.2 Å². The van der Waals surface area contributed by atoms with Crippen molar-refractivity contribution in [2.24, 2.45) is 0 Å². The Bertz CT molecular complexity index is 4170. The molecule has 2 aliphatic heterocycles. The van der Waals surface area contributed by atoms with E-state index in [1.54, 1.807) is 34.6 Å². The Labute approximate surface area is 561 Å². The molecule has 2 fully saturated rings. The molecule has 8 aromatic carbocycles. The number of sulfone groups is 1. The maximum Gasteiger partial charge on any atom is 0.336 e. The van der Waals surface area contributed by atoms with Gasteiger partial charge in [0.05, 0.1) is 22.0 Å². The summed E-state index contributed by atoms with van der Waals surface area (Å²) in [6, 6.07) is 59.0. The topological polar surface area (TPSA) is 185 Å². The summed E-state index contributed by atoms with van der Waals surface area (Å²) in [5, 5.41) is 23.3. The minimum atomic E-state index is -3.77. The number of amides is 2. The first kappa shape index (κ1) is 71.4. The molecule has 94 heavy (non-hydrogen) atoms. The first-order chi connectivity index (χ1) is 44.2. The molecule has 0 bridgehead atoms. The quantitative estimate of drug-likeness (QED) is 0.0485. The molecule has 10 rings (SSSR count). The van der Waals surface area contributed by atoms with Gasteiger partial charge in [0.2, 0.25) is 21.8 Å². The third-order valence-electron chi connectivity index (χ3n) is 17.0. The maximum absolute atomic E-state index is 13.8. The fourth-order valence-corrected chi connectivity index (χ4v) is 15.5. The van der Waals surface area contributed by atoms with Crippen molar-refractivity contribution in [2.75, 3.05) is 73.2 Å². The number of rotatable bonds is 20. The van der Waals surface area contributed by atoms with Gasteiger partial charge in [-0.25, -0.2) is 21.6 Å². The number of carbonyl (C=O) groups excluding carboxylic acids is 2. The molecule has 2 amide bonds. The van der Waals surface area contributed by atoms with Crippen molar-refractivity contribution in [1.29, 1.82) is 0 Å². The van der Waals surface area contributed by atoms with E-state index < -0.39 is 31.6 Å². The highest BCUT2D eigenvalue weighted by molar-refractivity contribution is 7.99. The number of aromatic carboxylic acids is 1. The molecule has 2 aliphatic rings. The number of carboxylic acid groups (broad SMARTS) is 1. The van der Waals surface area contributed by atoms with Gasteiger partial charge in [-0.2, -0.15) is 4.31 Å². The van der Waals surface area contributed by atoms with E-state index in [0.717, 1.165) is 52.2 Å². The molecule has 17 heteroatoms. The van der Waals surface area contributed by atoms with E-state index in [1.807, 2.05) is 96.8 Å². The summed E-state index contributed by atoms with van der Waals surface area (Å²) in [5.41, 5.74) is 12.2. The number of nitrogens with one attached hydrogen (secondary N) is 1. The van der Waals surface area contributed by atoms with E-state index in [-0.39, 0.29) is 64.0 Å². The lowest BCUT2D eigenvalue weighted by atomic mass is 9.87. The average molecular weight is 1320 g/mol. The van der Waals surface area contributed by atoms with Gasteiger partial charge >= 0.3 is 5.97 Å². The van der Waals surface area contributed by atoms with Crippen LogP contribution in [0.3, 0.4) is 0 Å². The number of benzene rings is 8. The minimum absolute atomic E-state index is 0. The number of piperazine rings is 2. The molecule has 494 valence electrons. The Balaban J connectivity index is 0.000000255. The first-order valence-corrected chi connectivity index (χ1v) is 35.8. The summed E-state index contributed by atoms with van der Waals surface area (Å²) < 4.78 is 55.4. The average Bonchev–Trinajstić information content (AvgIpc) is 0.797. The highest BCUT2D eigenvalue weighted by atomic mass is 32.2. The van der Waals surface area contributed by atoms with Crippen LogP contribution >= 0.6 is 11.8 Å². The normalized spacial score (nSPS) is 13.9. The number of para-hydroxylation sites is 1. The van der Waals surface area contributed by atoms with Crippen LogP contribution in [-0.4, -0.2) is 112 Å². The SMILES string of the molecule is C.C=C(O)c1ccc(-c2cccc(CCC(=O)N3CCN(c4ccc(C(C)(C)C)cc4)CC3)c2)cc1CS(=O)(=O)N1CCN(c2ccc(C(C)(C)C)cc2)CC1.Cc1cccc(-c2cc(CS(=O)(=O)c3ccccc3)c(C(=O)O)cc2SCCC(=O)Nc2ccccc2)c1. The number of sulfonamides is 1. The summed E-state index contributed by atoms with van der Waals surface area (Å²) in [4.78, 5) is 45.3. The monoisotopic (exact) mass is 1320 g/mol. The lowest BCUT2D eigenvalue weighted by Crippen LogP contribution is -2.49. The number of aliphatic hydroxyl groups excluding tert-OH is 1. The lowest BCUT2D eigenvalue weighted by Gasteiger charge is -2.36. The zero-order valence-electron chi connectivity index (χ0n) is 54.3. The van der Waals surface area contributed by atoms with Crippen molar-refractivity contribution in [2.45, 2.75) is 107 Å². The second kappa shape index (κ2) is 31.2. The molecule has 0 radical (unpaired) electrons. The number of carbonyl (C=O) groups is 3. The fourth-order valence-electron chi connectivity index (χ4n) is 11.6. The molecule has 2 saturated heterocycles. The Morgan fingerprint density at radius 2 is 1.10 bits per heavy atom. The predicted octanol–water partition coefficient (Wildman–Crippen LogP) is 15.5. The molecule has 8 aromatic rings. The summed E-state index contributed by atoms with van der Waals surface area (Å²) in [5.74, 6) is -1.62. The van der Waals surface area contributed by atoms with E-state index >= 15 is 0 Å². The van der Waals surface area contributed by atoms with Crippen molar-refractivity contribution in [3.05, 3.63) is 239 Å². The molecule has 3 N–H and O–H groups in total. The Hall–Kier alpha value is -8.48. The van der Waals surface area contributed by atoms with Crippen molar-refractivity contribution < 1.29 is 41.4 Å². The van der Waals surface area contributed by atoms with Crippen LogP contribution in [0.5, 0.6) is 0 Å². The van der Waals surface area contributed by atoms with Gasteiger partial charge in [0.25, 0.3) is 0 Å². The second-order valence-corrected chi connectivity index (χ2v) is 31.0. The summed E-state index contributed by atoms with van der Waals surface area (Å²) in [6.45, 7) is 23.9. The fraction of sp³-hybridized carbons (Fsp3) is 0.312. The number of hydrogen-bond acceptors (Lipinski definition) is 11. The number of anilines is 3. The highest BCUT2D eigenvalue weighted by Gasteiger charge is 2.30. The Kier molecular flexibility index (Phi) is 23.7. The van der Waals surface area contributed by atoms with Crippen LogP contribution in [0.15, 0.2) is 204 Å². The molecular formula is C77H89N5O9S3. The molecule has 0 unspecified atom stereocenters. The highest BCUT2D eigenvalue weighted by Crippen LogP contribution is 2.37. The number of carboxylic acids is 1. The third-order valence-corrected chi connectivity index (χ3v) is 21.5.